The molecule has 0 N–H and O–H groups in total. The fourth-order valence-corrected chi connectivity index (χ4v) is 2.33. The van der Waals surface area contributed by atoms with Crippen LogP contribution in [0.5, 0.6) is 0 Å². The average Bonchev–Trinajstić information content (AvgIpc) is 2.66. The number of hydrogen-bond acceptors (Lipinski definition) is 3. The van der Waals surface area contributed by atoms with Crippen LogP contribution in [0.15, 0.2) is 0 Å². The van der Waals surface area contributed by atoms with Crippen LogP contribution in [0.2, 0.25) is 0 Å². The average molecular weight is 170 g/mol. The molecule has 2 aliphatic heterocycles. The third-order valence-corrected chi connectivity index (χ3v) is 3.08. The number of hydrogen-bond donors (Lipinski definition) is 0. The highest BCUT2D eigenvalue weighted by Crippen LogP contribution is 2.41. The Morgan fingerprint density at radius 2 is 1.75 bits per heavy atom. The minimum atomic E-state index is 0.0788. The van der Waals surface area contributed by atoms with Gasteiger partial charge in [-0.05, 0) is 19.3 Å². The van der Waals surface area contributed by atoms with Crippen molar-refractivity contribution in [2.45, 2.75) is 37.8 Å². The van der Waals surface area contributed by atoms with Gasteiger partial charge in [0.05, 0.1) is 25.4 Å². The third-order valence-electron chi connectivity index (χ3n) is 3.08. The first-order valence-electron chi connectivity index (χ1n) is 4.82. The van der Waals surface area contributed by atoms with E-state index < -0.39 is 0 Å². The quantitative estimate of drug-likeness (QED) is 0.548. The zero-order valence-electron chi connectivity index (χ0n) is 7.07. The van der Waals surface area contributed by atoms with Gasteiger partial charge < -0.3 is 14.2 Å². The van der Waals surface area contributed by atoms with Gasteiger partial charge in [-0.1, -0.05) is 0 Å². The summed E-state index contributed by atoms with van der Waals surface area (Å²) in [5.41, 5.74) is 0. The molecule has 3 nitrogen and oxygen atoms in total. The van der Waals surface area contributed by atoms with Crippen LogP contribution in [0.3, 0.4) is 0 Å². The maximum atomic E-state index is 5.48. The highest BCUT2D eigenvalue weighted by Gasteiger charge is 2.46. The largest absolute Gasteiger partial charge is 0.370 e. The van der Waals surface area contributed by atoms with Crippen LogP contribution in [-0.4, -0.2) is 31.7 Å². The van der Waals surface area contributed by atoms with Crippen molar-refractivity contribution in [2.24, 2.45) is 5.92 Å². The van der Waals surface area contributed by atoms with Crippen LogP contribution in [0, 0.1) is 5.92 Å². The Labute approximate surface area is 72.0 Å². The number of rotatable bonds is 1. The van der Waals surface area contributed by atoms with Gasteiger partial charge in [-0.3, -0.25) is 0 Å². The number of ether oxygens (including phenoxy) is 3. The second-order valence-electron chi connectivity index (χ2n) is 3.90. The molecule has 0 aromatic heterocycles. The molecule has 68 valence electrons. The van der Waals surface area contributed by atoms with Crippen molar-refractivity contribution in [3.05, 3.63) is 0 Å². The molecule has 3 atom stereocenters. The molecule has 1 aliphatic carbocycles. The van der Waals surface area contributed by atoms with Gasteiger partial charge in [-0.2, -0.15) is 0 Å². The van der Waals surface area contributed by atoms with E-state index >= 15 is 0 Å². The molecule has 0 unspecified atom stereocenters. The molecular formula is C9H14O3. The zero-order valence-corrected chi connectivity index (χ0v) is 7.07. The van der Waals surface area contributed by atoms with Gasteiger partial charge in [0.15, 0.2) is 6.29 Å². The summed E-state index contributed by atoms with van der Waals surface area (Å²) in [5.74, 6) is 0.594. The van der Waals surface area contributed by atoms with Crippen molar-refractivity contribution in [2.75, 3.05) is 13.2 Å². The van der Waals surface area contributed by atoms with Gasteiger partial charge in [-0.25, -0.2) is 0 Å². The minimum Gasteiger partial charge on any atom is -0.370 e. The molecule has 1 saturated carbocycles. The fraction of sp³-hybridized carbons (Fsp3) is 1.00. The predicted molar refractivity (Wildman–Crippen MR) is 41.7 cm³/mol. The normalized spacial score (nSPS) is 47.5. The van der Waals surface area contributed by atoms with Gasteiger partial charge in [-0.15, -0.1) is 0 Å². The standard InChI is InChI=1S/C9H14O3/c1-2-7-8(12-7)5-6(1)9-10-3-4-11-9/h6-9H,1-5H2/t6-,7+,8-/m0/s1. The van der Waals surface area contributed by atoms with Gasteiger partial charge in [0.25, 0.3) is 0 Å². The monoisotopic (exact) mass is 170 g/mol. The molecule has 0 spiro atoms. The highest BCUT2D eigenvalue weighted by molar-refractivity contribution is 4.93. The molecule has 0 bridgehead atoms. The Bertz CT molecular complexity index is 177. The van der Waals surface area contributed by atoms with Gasteiger partial charge in [0, 0.05) is 5.92 Å². The first-order chi connectivity index (χ1) is 5.93. The second kappa shape index (κ2) is 2.69. The molecule has 0 amide bonds. The van der Waals surface area contributed by atoms with Crippen molar-refractivity contribution in [3.8, 4) is 0 Å². The van der Waals surface area contributed by atoms with Crippen LogP contribution in [0.4, 0.5) is 0 Å². The summed E-state index contributed by atoms with van der Waals surface area (Å²) < 4.78 is 16.4. The van der Waals surface area contributed by atoms with E-state index in [1.165, 1.54) is 12.8 Å². The summed E-state index contributed by atoms with van der Waals surface area (Å²) in [6, 6.07) is 0. The fourth-order valence-electron chi connectivity index (χ4n) is 2.33. The van der Waals surface area contributed by atoms with Gasteiger partial charge in [0.1, 0.15) is 0 Å². The van der Waals surface area contributed by atoms with Crippen molar-refractivity contribution in [1.82, 2.24) is 0 Å². The SMILES string of the molecule is C1COC([C@H]2CC[C@H]3O[C@H]3C2)O1. The molecule has 12 heavy (non-hydrogen) atoms. The highest BCUT2D eigenvalue weighted by atomic mass is 16.7. The van der Waals surface area contributed by atoms with E-state index in [0.29, 0.717) is 18.1 Å². The van der Waals surface area contributed by atoms with E-state index in [0.717, 1.165) is 19.6 Å². The third kappa shape index (κ3) is 1.16. The molecule has 3 heteroatoms. The van der Waals surface area contributed by atoms with Crippen molar-refractivity contribution in [1.29, 1.82) is 0 Å². The molecule has 0 radical (unpaired) electrons. The molecule has 0 aromatic rings. The Hall–Kier alpha value is -0.120. The molecule has 2 saturated heterocycles. The van der Waals surface area contributed by atoms with E-state index in [9.17, 15) is 0 Å². The topological polar surface area (TPSA) is 31.0 Å². The Morgan fingerprint density at radius 1 is 0.917 bits per heavy atom. The van der Waals surface area contributed by atoms with E-state index in [4.69, 9.17) is 14.2 Å². The summed E-state index contributed by atoms with van der Waals surface area (Å²) >= 11 is 0. The van der Waals surface area contributed by atoms with Gasteiger partial charge in [0.2, 0.25) is 0 Å². The maximum Gasteiger partial charge on any atom is 0.160 e. The lowest BCUT2D eigenvalue weighted by Crippen LogP contribution is -2.26. The first kappa shape index (κ1) is 7.30. The van der Waals surface area contributed by atoms with E-state index in [1.807, 2.05) is 0 Å². The van der Waals surface area contributed by atoms with Crippen LogP contribution < -0.4 is 0 Å². The van der Waals surface area contributed by atoms with Gasteiger partial charge >= 0.3 is 0 Å². The van der Waals surface area contributed by atoms with Crippen molar-refractivity contribution in [3.63, 3.8) is 0 Å². The smallest absolute Gasteiger partial charge is 0.160 e. The summed E-state index contributed by atoms with van der Waals surface area (Å²) in [5, 5.41) is 0. The lowest BCUT2D eigenvalue weighted by molar-refractivity contribution is -0.0904. The van der Waals surface area contributed by atoms with Crippen LogP contribution >= 0.6 is 0 Å². The Morgan fingerprint density at radius 3 is 2.50 bits per heavy atom. The molecular weight excluding hydrogens is 156 g/mol. The van der Waals surface area contributed by atoms with Crippen LogP contribution in [0.25, 0.3) is 0 Å². The number of epoxide rings is 1. The summed E-state index contributed by atoms with van der Waals surface area (Å²) in [6.07, 6.45) is 4.77. The first-order valence-corrected chi connectivity index (χ1v) is 4.82. The Kier molecular flexibility index (Phi) is 1.63. The van der Waals surface area contributed by atoms with Crippen LogP contribution in [-0.2, 0) is 14.2 Å². The van der Waals surface area contributed by atoms with Crippen molar-refractivity contribution < 1.29 is 14.2 Å². The van der Waals surface area contributed by atoms with E-state index in [2.05, 4.69) is 0 Å². The summed E-state index contributed by atoms with van der Waals surface area (Å²) in [4.78, 5) is 0. The number of fused-ring (bicyclic) bond motifs is 1. The Balaban J connectivity index is 1.60. The molecule has 3 rings (SSSR count). The lowest BCUT2D eigenvalue weighted by Gasteiger charge is -2.23. The summed E-state index contributed by atoms with van der Waals surface area (Å²) in [7, 11) is 0. The molecule has 0 aromatic carbocycles. The predicted octanol–water partition coefficient (Wildman–Crippen LogP) is 0.927. The minimum absolute atomic E-state index is 0.0788. The summed E-state index contributed by atoms with van der Waals surface area (Å²) in [6.45, 7) is 1.55. The zero-order chi connectivity index (χ0) is 7.97. The molecule has 3 aliphatic rings. The maximum absolute atomic E-state index is 5.48. The van der Waals surface area contributed by atoms with Crippen LogP contribution in [0.1, 0.15) is 19.3 Å². The second-order valence-corrected chi connectivity index (χ2v) is 3.90. The molecule has 3 fully saturated rings. The lowest BCUT2D eigenvalue weighted by atomic mass is 9.89. The van der Waals surface area contributed by atoms with E-state index in [1.54, 1.807) is 0 Å². The van der Waals surface area contributed by atoms with E-state index in [-0.39, 0.29) is 6.29 Å². The van der Waals surface area contributed by atoms with Crippen molar-refractivity contribution >= 4 is 0 Å². The molecule has 2 heterocycles.